The van der Waals surface area contributed by atoms with Crippen molar-refractivity contribution in [3.63, 3.8) is 0 Å². The molecule has 3 rings (SSSR count). The molecular weight excluding hydrogens is 348 g/mol. The molecule has 2 N–H and O–H groups in total. The standard InChI is InChI=1S/C16H13BrN2OS/c1-8-7-9(2)19-16-12(8)13(18)15(21-16)14(20)10-3-5-11(17)6-4-10/h3-7H,18H2,1-2H3. The number of carbonyl (C=O) groups excluding carboxylic acids is 1. The van der Waals surface area contributed by atoms with Gasteiger partial charge in [0.25, 0.3) is 0 Å². The highest BCUT2D eigenvalue weighted by molar-refractivity contribution is 9.10. The monoisotopic (exact) mass is 360 g/mol. The molecule has 0 spiro atoms. The smallest absolute Gasteiger partial charge is 0.205 e. The molecule has 5 heteroatoms. The largest absolute Gasteiger partial charge is 0.397 e. The molecule has 0 aliphatic rings. The van der Waals surface area contributed by atoms with Crippen LogP contribution in [0.25, 0.3) is 10.2 Å². The van der Waals surface area contributed by atoms with Crippen molar-refractivity contribution in [3.8, 4) is 0 Å². The number of aromatic nitrogens is 1. The van der Waals surface area contributed by atoms with Gasteiger partial charge < -0.3 is 5.73 Å². The van der Waals surface area contributed by atoms with E-state index >= 15 is 0 Å². The summed E-state index contributed by atoms with van der Waals surface area (Å²) in [6, 6.07) is 9.28. The van der Waals surface area contributed by atoms with Crippen LogP contribution >= 0.6 is 27.3 Å². The summed E-state index contributed by atoms with van der Waals surface area (Å²) in [5.74, 6) is -0.0555. The Balaban J connectivity index is 2.16. The number of halogens is 1. The van der Waals surface area contributed by atoms with Gasteiger partial charge in [0.2, 0.25) is 5.78 Å². The Morgan fingerprint density at radius 1 is 1.24 bits per heavy atom. The van der Waals surface area contributed by atoms with Crippen LogP contribution in [0.4, 0.5) is 5.69 Å². The highest BCUT2D eigenvalue weighted by Crippen LogP contribution is 2.36. The molecule has 0 aliphatic heterocycles. The fourth-order valence-electron chi connectivity index (χ4n) is 2.37. The van der Waals surface area contributed by atoms with Crippen LogP contribution in [0.5, 0.6) is 0 Å². The summed E-state index contributed by atoms with van der Waals surface area (Å²) < 4.78 is 0.941. The number of aryl methyl sites for hydroxylation is 2. The second-order valence-corrected chi connectivity index (χ2v) is 6.86. The lowest BCUT2D eigenvalue weighted by molar-refractivity contribution is 0.104. The van der Waals surface area contributed by atoms with Crippen LogP contribution in [-0.2, 0) is 0 Å². The molecule has 0 amide bonds. The normalized spacial score (nSPS) is 11.0. The van der Waals surface area contributed by atoms with Crippen molar-refractivity contribution in [1.82, 2.24) is 4.98 Å². The Morgan fingerprint density at radius 3 is 2.57 bits per heavy atom. The van der Waals surface area contributed by atoms with Gasteiger partial charge >= 0.3 is 0 Å². The van der Waals surface area contributed by atoms with Gasteiger partial charge in [0, 0.05) is 21.1 Å². The van der Waals surface area contributed by atoms with Crippen LogP contribution < -0.4 is 5.73 Å². The van der Waals surface area contributed by atoms with Crippen LogP contribution in [0.2, 0.25) is 0 Å². The number of carbonyl (C=O) groups is 1. The number of hydrogen-bond acceptors (Lipinski definition) is 4. The molecule has 106 valence electrons. The number of hydrogen-bond donors (Lipinski definition) is 1. The number of nitrogens with two attached hydrogens (primary N) is 1. The van der Waals surface area contributed by atoms with Crippen molar-refractivity contribution in [1.29, 1.82) is 0 Å². The molecule has 3 nitrogen and oxygen atoms in total. The SMILES string of the molecule is Cc1cc(C)c2c(N)c(C(=O)c3ccc(Br)cc3)sc2n1. The molecule has 0 unspecified atom stereocenters. The molecule has 0 radical (unpaired) electrons. The van der Waals surface area contributed by atoms with Crippen molar-refractivity contribution in [2.45, 2.75) is 13.8 Å². The zero-order valence-corrected chi connectivity index (χ0v) is 14.0. The van der Waals surface area contributed by atoms with E-state index in [-0.39, 0.29) is 5.78 Å². The lowest BCUT2D eigenvalue weighted by Crippen LogP contribution is -2.02. The molecule has 0 bridgehead atoms. The molecule has 2 heterocycles. The maximum Gasteiger partial charge on any atom is 0.205 e. The lowest BCUT2D eigenvalue weighted by atomic mass is 10.1. The molecular formula is C16H13BrN2OS. The molecule has 2 aromatic heterocycles. The predicted octanol–water partition coefficient (Wildman–Crippen LogP) is 4.49. The summed E-state index contributed by atoms with van der Waals surface area (Å²) in [5, 5.41) is 0.895. The number of rotatable bonds is 2. The van der Waals surface area contributed by atoms with Gasteiger partial charge in [-0.15, -0.1) is 11.3 Å². The lowest BCUT2D eigenvalue weighted by Gasteiger charge is -2.01. The number of nitrogens with zero attached hydrogens (tertiary/aromatic N) is 1. The van der Waals surface area contributed by atoms with Gasteiger partial charge in [-0.2, -0.15) is 0 Å². The third-order valence-electron chi connectivity index (χ3n) is 3.34. The Morgan fingerprint density at radius 2 is 1.90 bits per heavy atom. The topological polar surface area (TPSA) is 56.0 Å². The van der Waals surface area contributed by atoms with Crippen molar-refractivity contribution < 1.29 is 4.79 Å². The summed E-state index contributed by atoms with van der Waals surface area (Å²) in [6.45, 7) is 3.94. The fourth-order valence-corrected chi connectivity index (χ4v) is 3.81. The van der Waals surface area contributed by atoms with Gasteiger partial charge in [0.1, 0.15) is 9.71 Å². The summed E-state index contributed by atoms with van der Waals surface area (Å²) >= 11 is 4.73. The van der Waals surface area contributed by atoms with Crippen LogP contribution in [-0.4, -0.2) is 10.8 Å². The number of anilines is 1. The minimum absolute atomic E-state index is 0.0555. The molecule has 3 aromatic rings. The molecule has 0 aliphatic carbocycles. The maximum absolute atomic E-state index is 12.6. The number of fused-ring (bicyclic) bond motifs is 1. The number of benzene rings is 1. The molecule has 0 atom stereocenters. The van der Waals surface area contributed by atoms with Crippen LogP contribution in [0.15, 0.2) is 34.8 Å². The zero-order valence-electron chi connectivity index (χ0n) is 11.6. The number of pyridine rings is 1. The van der Waals surface area contributed by atoms with Crippen LogP contribution in [0.1, 0.15) is 26.5 Å². The van der Waals surface area contributed by atoms with E-state index in [1.807, 2.05) is 32.0 Å². The first-order valence-electron chi connectivity index (χ1n) is 6.44. The number of thiophene rings is 1. The average Bonchev–Trinajstić information content (AvgIpc) is 2.76. The van der Waals surface area contributed by atoms with Gasteiger partial charge in [-0.25, -0.2) is 4.98 Å². The van der Waals surface area contributed by atoms with Crippen LogP contribution in [0.3, 0.4) is 0 Å². The Hall–Kier alpha value is -1.72. The second kappa shape index (κ2) is 5.24. The quantitative estimate of drug-likeness (QED) is 0.685. The summed E-state index contributed by atoms with van der Waals surface area (Å²) in [4.78, 5) is 18.5. The zero-order chi connectivity index (χ0) is 15.1. The highest BCUT2D eigenvalue weighted by Gasteiger charge is 2.20. The van der Waals surface area contributed by atoms with Gasteiger partial charge in [-0.05, 0) is 49.7 Å². The van der Waals surface area contributed by atoms with Gasteiger partial charge in [-0.3, -0.25) is 4.79 Å². The Bertz CT molecular complexity index is 853. The minimum Gasteiger partial charge on any atom is -0.397 e. The van der Waals surface area contributed by atoms with E-state index in [1.54, 1.807) is 12.1 Å². The predicted molar refractivity (Wildman–Crippen MR) is 91.1 cm³/mol. The van der Waals surface area contributed by atoms with Crippen molar-refractivity contribution in [3.05, 3.63) is 56.5 Å². The third-order valence-corrected chi connectivity index (χ3v) is 4.96. The molecule has 1 aromatic carbocycles. The van der Waals surface area contributed by atoms with E-state index in [2.05, 4.69) is 20.9 Å². The number of nitrogen functional groups attached to an aromatic ring is 1. The van der Waals surface area contributed by atoms with E-state index in [4.69, 9.17) is 5.73 Å². The van der Waals surface area contributed by atoms with E-state index in [0.29, 0.717) is 16.1 Å². The van der Waals surface area contributed by atoms with Gasteiger partial charge in [-0.1, -0.05) is 15.9 Å². The van der Waals surface area contributed by atoms with Crippen LogP contribution in [0, 0.1) is 13.8 Å². The third kappa shape index (κ3) is 2.47. The van der Waals surface area contributed by atoms with E-state index in [9.17, 15) is 4.79 Å². The first-order valence-corrected chi connectivity index (χ1v) is 8.05. The van der Waals surface area contributed by atoms with E-state index < -0.39 is 0 Å². The summed E-state index contributed by atoms with van der Waals surface area (Å²) in [5.41, 5.74) is 9.35. The second-order valence-electron chi connectivity index (χ2n) is 4.94. The summed E-state index contributed by atoms with van der Waals surface area (Å²) in [7, 11) is 0. The molecule has 0 saturated carbocycles. The average molecular weight is 361 g/mol. The van der Waals surface area contributed by atoms with Gasteiger partial charge in [0.15, 0.2) is 0 Å². The molecule has 21 heavy (non-hydrogen) atoms. The number of ketones is 1. The van der Waals surface area contributed by atoms with Crippen molar-refractivity contribution >= 4 is 49.0 Å². The van der Waals surface area contributed by atoms with E-state index in [1.165, 1.54) is 11.3 Å². The highest BCUT2D eigenvalue weighted by atomic mass is 79.9. The minimum atomic E-state index is -0.0555. The maximum atomic E-state index is 12.6. The fraction of sp³-hybridized carbons (Fsp3) is 0.125. The molecule has 0 fully saturated rings. The molecule has 0 saturated heterocycles. The van der Waals surface area contributed by atoms with Crippen molar-refractivity contribution in [2.24, 2.45) is 0 Å². The first-order chi connectivity index (χ1) is 9.97. The Labute approximate surface area is 134 Å². The van der Waals surface area contributed by atoms with Gasteiger partial charge in [0.05, 0.1) is 5.69 Å². The first kappa shape index (κ1) is 14.2. The van der Waals surface area contributed by atoms with E-state index in [0.717, 1.165) is 25.9 Å². The Kier molecular flexibility index (Phi) is 3.55. The summed E-state index contributed by atoms with van der Waals surface area (Å²) in [6.07, 6.45) is 0. The van der Waals surface area contributed by atoms with Crippen molar-refractivity contribution in [2.75, 3.05) is 5.73 Å².